The Morgan fingerprint density at radius 1 is 1.42 bits per heavy atom. The number of pyridine rings is 1. The Hall–Kier alpha value is -2.63. The molecule has 1 amide bonds. The topological polar surface area (TPSA) is 71.5 Å². The van der Waals surface area contributed by atoms with Crippen LogP contribution in [0.25, 0.3) is 10.8 Å². The highest BCUT2D eigenvalue weighted by molar-refractivity contribution is 5.95. The number of anilines is 2. The van der Waals surface area contributed by atoms with Gasteiger partial charge in [-0.05, 0) is 43.4 Å². The molecule has 1 aliphatic carbocycles. The molecule has 0 saturated heterocycles. The Labute approximate surface area is 140 Å². The summed E-state index contributed by atoms with van der Waals surface area (Å²) in [6.07, 6.45) is 3.70. The number of likely N-dealkylation sites (N-methyl/N-ethyl adjacent to an activating group) is 1. The van der Waals surface area contributed by atoms with Crippen molar-refractivity contribution in [1.29, 1.82) is 0 Å². The number of carbonyl (C=O) groups excluding carboxylic acids is 2. The molecule has 0 unspecified atom stereocenters. The molecule has 1 aliphatic rings. The number of hydrogen-bond donors (Lipinski definition) is 1. The number of rotatable bonds is 7. The van der Waals surface area contributed by atoms with E-state index in [1.807, 2.05) is 43.1 Å². The number of nitrogens with one attached hydrogen (secondary N) is 1. The molecular formula is C18H21N3O3. The number of ether oxygens (including phenoxy) is 1. The predicted molar refractivity (Wildman–Crippen MR) is 93.0 cm³/mol. The number of amides is 1. The van der Waals surface area contributed by atoms with Crippen LogP contribution in [-0.2, 0) is 14.3 Å². The molecule has 0 spiro atoms. The highest BCUT2D eigenvalue weighted by Crippen LogP contribution is 2.30. The van der Waals surface area contributed by atoms with Crippen molar-refractivity contribution in [2.75, 3.05) is 23.9 Å². The molecule has 1 aromatic heterocycles. The summed E-state index contributed by atoms with van der Waals surface area (Å²) in [5, 5.41) is 4.88. The first kappa shape index (κ1) is 16.2. The van der Waals surface area contributed by atoms with Crippen LogP contribution < -0.4 is 10.2 Å². The Bertz CT molecular complexity index is 758. The van der Waals surface area contributed by atoms with Gasteiger partial charge in [-0.1, -0.05) is 6.07 Å². The molecule has 1 N–H and O–H groups in total. The fourth-order valence-corrected chi connectivity index (χ4v) is 2.53. The molecule has 1 atom stereocenters. The molecule has 3 rings (SSSR count). The smallest absolute Gasteiger partial charge is 0.293 e. The lowest BCUT2D eigenvalue weighted by atomic mass is 10.1. The average molecular weight is 327 g/mol. The molecule has 0 radical (unpaired) electrons. The van der Waals surface area contributed by atoms with Crippen molar-refractivity contribution in [3.63, 3.8) is 0 Å². The molecule has 1 heterocycles. The van der Waals surface area contributed by atoms with Crippen molar-refractivity contribution in [2.45, 2.75) is 25.8 Å². The molecular weight excluding hydrogens is 306 g/mol. The summed E-state index contributed by atoms with van der Waals surface area (Å²) in [5.41, 5.74) is 1.01. The Balaban J connectivity index is 1.80. The number of nitrogens with zero attached hydrogens (tertiary/aromatic N) is 2. The summed E-state index contributed by atoms with van der Waals surface area (Å²) in [5.74, 6) is 0.782. The van der Waals surface area contributed by atoms with Gasteiger partial charge in [0.1, 0.15) is 12.4 Å². The molecule has 0 bridgehead atoms. The van der Waals surface area contributed by atoms with E-state index in [-0.39, 0.29) is 17.9 Å². The van der Waals surface area contributed by atoms with Crippen LogP contribution in [0.15, 0.2) is 30.5 Å². The van der Waals surface area contributed by atoms with Crippen LogP contribution in [-0.4, -0.2) is 37.1 Å². The van der Waals surface area contributed by atoms with Crippen molar-refractivity contribution in [2.24, 2.45) is 5.92 Å². The average Bonchev–Trinajstić information content (AvgIpc) is 3.43. The summed E-state index contributed by atoms with van der Waals surface area (Å²) in [6, 6.07) is 7.99. The fraction of sp³-hybridized carbons (Fsp3) is 0.389. The van der Waals surface area contributed by atoms with Gasteiger partial charge in [0.05, 0.1) is 6.04 Å². The van der Waals surface area contributed by atoms with Gasteiger partial charge in [0.2, 0.25) is 5.91 Å². The van der Waals surface area contributed by atoms with E-state index in [1.54, 1.807) is 6.20 Å². The molecule has 1 saturated carbocycles. The third-order valence-corrected chi connectivity index (χ3v) is 4.38. The SMILES string of the molecule is C[C@@H](COC=O)N(C)c1ccc2cnc(NC(=O)C3CC3)cc2c1. The van der Waals surface area contributed by atoms with Gasteiger partial charge in [0.25, 0.3) is 6.47 Å². The first-order chi connectivity index (χ1) is 11.6. The van der Waals surface area contributed by atoms with Crippen molar-refractivity contribution in [3.8, 4) is 0 Å². The molecule has 0 aliphatic heterocycles. The minimum Gasteiger partial charge on any atom is -0.466 e. The second-order valence-electron chi connectivity index (χ2n) is 6.25. The normalized spacial score (nSPS) is 14.9. The van der Waals surface area contributed by atoms with E-state index in [0.717, 1.165) is 29.3 Å². The van der Waals surface area contributed by atoms with E-state index in [0.29, 0.717) is 18.9 Å². The van der Waals surface area contributed by atoms with Crippen LogP contribution in [0.5, 0.6) is 0 Å². The maximum absolute atomic E-state index is 11.9. The second-order valence-corrected chi connectivity index (χ2v) is 6.25. The predicted octanol–water partition coefficient (Wildman–Crippen LogP) is 2.58. The lowest BCUT2D eigenvalue weighted by molar-refractivity contribution is -0.129. The van der Waals surface area contributed by atoms with Crippen LogP contribution in [0.3, 0.4) is 0 Å². The number of hydrogen-bond acceptors (Lipinski definition) is 5. The summed E-state index contributed by atoms with van der Waals surface area (Å²) < 4.78 is 4.84. The zero-order chi connectivity index (χ0) is 17.1. The molecule has 6 nitrogen and oxygen atoms in total. The zero-order valence-corrected chi connectivity index (χ0v) is 13.9. The fourth-order valence-electron chi connectivity index (χ4n) is 2.53. The maximum atomic E-state index is 11.9. The lowest BCUT2D eigenvalue weighted by Gasteiger charge is -2.26. The number of benzene rings is 1. The minimum absolute atomic E-state index is 0.0507. The molecule has 1 fully saturated rings. The van der Waals surface area contributed by atoms with Crippen LogP contribution in [0.4, 0.5) is 11.5 Å². The minimum atomic E-state index is 0.0507. The highest BCUT2D eigenvalue weighted by Gasteiger charge is 2.29. The van der Waals surface area contributed by atoms with Gasteiger partial charge in [-0.15, -0.1) is 0 Å². The maximum Gasteiger partial charge on any atom is 0.293 e. The summed E-state index contributed by atoms with van der Waals surface area (Å²) in [4.78, 5) is 28.6. The number of fused-ring (bicyclic) bond motifs is 1. The van der Waals surface area contributed by atoms with E-state index in [2.05, 4.69) is 10.3 Å². The first-order valence-corrected chi connectivity index (χ1v) is 8.07. The van der Waals surface area contributed by atoms with E-state index in [4.69, 9.17) is 4.74 Å². The Morgan fingerprint density at radius 3 is 2.92 bits per heavy atom. The summed E-state index contributed by atoms with van der Waals surface area (Å²) >= 11 is 0. The van der Waals surface area contributed by atoms with Gasteiger partial charge in [-0.3, -0.25) is 9.59 Å². The van der Waals surface area contributed by atoms with Gasteiger partial charge in [-0.25, -0.2) is 4.98 Å². The van der Waals surface area contributed by atoms with Crippen molar-refractivity contribution >= 4 is 34.7 Å². The largest absolute Gasteiger partial charge is 0.466 e. The van der Waals surface area contributed by atoms with Crippen LogP contribution in [0.2, 0.25) is 0 Å². The van der Waals surface area contributed by atoms with Crippen LogP contribution in [0, 0.1) is 5.92 Å². The third-order valence-electron chi connectivity index (χ3n) is 4.38. The molecule has 126 valence electrons. The number of aromatic nitrogens is 1. The monoisotopic (exact) mass is 327 g/mol. The summed E-state index contributed by atoms with van der Waals surface area (Å²) in [6.45, 7) is 2.78. The lowest BCUT2D eigenvalue weighted by Crippen LogP contribution is -2.32. The van der Waals surface area contributed by atoms with E-state index >= 15 is 0 Å². The standard InChI is InChI=1S/C18H21N3O3/c1-12(10-24-11-22)21(2)16-6-5-14-9-19-17(8-15(14)7-16)20-18(23)13-3-4-13/h5-9,11-13H,3-4,10H2,1-2H3,(H,19,20,23)/t12-/m0/s1. The molecule has 1 aromatic carbocycles. The quantitative estimate of drug-likeness (QED) is 0.792. The van der Waals surface area contributed by atoms with Gasteiger partial charge in [0.15, 0.2) is 0 Å². The first-order valence-electron chi connectivity index (χ1n) is 8.07. The van der Waals surface area contributed by atoms with Gasteiger partial charge < -0.3 is 15.0 Å². The number of carbonyl (C=O) groups is 2. The van der Waals surface area contributed by atoms with E-state index in [1.165, 1.54) is 0 Å². The van der Waals surface area contributed by atoms with Gasteiger partial charge >= 0.3 is 0 Å². The van der Waals surface area contributed by atoms with Crippen LogP contribution >= 0.6 is 0 Å². The van der Waals surface area contributed by atoms with Gasteiger partial charge in [0, 0.05) is 30.2 Å². The molecule has 24 heavy (non-hydrogen) atoms. The Morgan fingerprint density at radius 2 is 2.21 bits per heavy atom. The highest BCUT2D eigenvalue weighted by atomic mass is 16.5. The third kappa shape index (κ3) is 3.64. The molecule has 2 aromatic rings. The van der Waals surface area contributed by atoms with Gasteiger partial charge in [-0.2, -0.15) is 0 Å². The van der Waals surface area contributed by atoms with Crippen molar-refractivity contribution in [1.82, 2.24) is 4.98 Å². The molecule has 6 heteroatoms. The van der Waals surface area contributed by atoms with Crippen molar-refractivity contribution < 1.29 is 14.3 Å². The van der Waals surface area contributed by atoms with E-state index in [9.17, 15) is 9.59 Å². The zero-order valence-electron chi connectivity index (χ0n) is 13.9. The van der Waals surface area contributed by atoms with E-state index < -0.39 is 0 Å². The summed E-state index contributed by atoms with van der Waals surface area (Å²) in [7, 11) is 1.96. The van der Waals surface area contributed by atoms with Crippen LogP contribution in [0.1, 0.15) is 19.8 Å². The second kappa shape index (κ2) is 6.86. The Kier molecular flexibility index (Phi) is 4.64. The van der Waals surface area contributed by atoms with Crippen molar-refractivity contribution in [3.05, 3.63) is 30.5 Å².